The van der Waals surface area contributed by atoms with Crippen molar-refractivity contribution in [3.8, 4) is 0 Å². The lowest BCUT2D eigenvalue weighted by Gasteiger charge is -2.25. The first-order chi connectivity index (χ1) is 9.75. The Labute approximate surface area is 126 Å². The molecular formula is C15H16N2OS2. The van der Waals surface area contributed by atoms with Crippen LogP contribution in [0.4, 0.5) is 0 Å². The Morgan fingerprint density at radius 3 is 3.10 bits per heavy atom. The van der Waals surface area contributed by atoms with E-state index in [1.807, 2.05) is 18.7 Å². The molecule has 0 unspecified atom stereocenters. The molecule has 104 valence electrons. The van der Waals surface area contributed by atoms with Crippen LogP contribution in [-0.4, -0.2) is 23.2 Å². The minimum absolute atomic E-state index is 0.00588. The van der Waals surface area contributed by atoms with Crippen molar-refractivity contribution in [3.05, 3.63) is 51.5 Å². The van der Waals surface area contributed by atoms with Crippen LogP contribution in [0.15, 0.2) is 29.8 Å². The summed E-state index contributed by atoms with van der Waals surface area (Å²) in [6.45, 7) is 2.55. The van der Waals surface area contributed by atoms with Crippen molar-refractivity contribution in [1.29, 1.82) is 0 Å². The monoisotopic (exact) mass is 304 g/mol. The smallest absolute Gasteiger partial charge is 0.263 e. The second kappa shape index (κ2) is 5.97. The van der Waals surface area contributed by atoms with Gasteiger partial charge in [-0.3, -0.25) is 4.79 Å². The van der Waals surface area contributed by atoms with Crippen LogP contribution in [0.25, 0.3) is 0 Å². The maximum atomic E-state index is 12.1. The molecule has 2 heterocycles. The van der Waals surface area contributed by atoms with Crippen LogP contribution in [0.5, 0.6) is 0 Å². The number of aryl methyl sites for hydroxylation is 2. The summed E-state index contributed by atoms with van der Waals surface area (Å²) in [5.74, 6) is 1.12. The highest BCUT2D eigenvalue weighted by atomic mass is 32.2. The molecule has 1 aliphatic heterocycles. The number of rotatable bonds is 3. The topological polar surface area (TPSA) is 42.0 Å². The summed E-state index contributed by atoms with van der Waals surface area (Å²) in [7, 11) is 0. The number of thiazole rings is 1. The molecule has 1 atom stereocenters. The molecule has 1 N–H and O–H groups in total. The van der Waals surface area contributed by atoms with E-state index < -0.39 is 0 Å². The van der Waals surface area contributed by atoms with Gasteiger partial charge in [-0.25, -0.2) is 4.98 Å². The van der Waals surface area contributed by atoms with Gasteiger partial charge in [0.2, 0.25) is 0 Å². The van der Waals surface area contributed by atoms with Gasteiger partial charge in [-0.05, 0) is 30.2 Å². The molecule has 1 aliphatic rings. The Morgan fingerprint density at radius 2 is 2.30 bits per heavy atom. The minimum atomic E-state index is -0.00588. The van der Waals surface area contributed by atoms with Crippen molar-refractivity contribution in [1.82, 2.24) is 10.3 Å². The number of fused-ring (bicyclic) bond motifs is 1. The molecule has 3 rings (SSSR count). The van der Waals surface area contributed by atoms with Crippen molar-refractivity contribution >= 4 is 29.0 Å². The third-order valence-corrected chi connectivity index (χ3v) is 5.68. The first kappa shape index (κ1) is 13.6. The Bertz CT molecular complexity index is 624. The highest BCUT2D eigenvalue weighted by molar-refractivity contribution is 7.99. The molecule has 1 amide bonds. The van der Waals surface area contributed by atoms with E-state index in [0.29, 0.717) is 11.8 Å². The molecule has 1 aromatic heterocycles. The highest BCUT2D eigenvalue weighted by Gasteiger charge is 2.21. The zero-order valence-electron chi connectivity index (χ0n) is 11.3. The third-order valence-electron chi connectivity index (χ3n) is 3.49. The maximum Gasteiger partial charge on any atom is 0.263 e. The SMILES string of the molecule is Cc1ncsc1C(=O)NC[C@H]1SCCc2ccccc21. The van der Waals surface area contributed by atoms with E-state index in [2.05, 4.69) is 34.6 Å². The first-order valence-corrected chi connectivity index (χ1v) is 8.56. The van der Waals surface area contributed by atoms with E-state index in [0.717, 1.165) is 22.7 Å². The molecule has 1 aromatic carbocycles. The molecule has 0 saturated carbocycles. The van der Waals surface area contributed by atoms with Gasteiger partial charge in [0.15, 0.2) is 0 Å². The highest BCUT2D eigenvalue weighted by Crippen LogP contribution is 2.36. The number of hydrogen-bond acceptors (Lipinski definition) is 4. The summed E-state index contributed by atoms with van der Waals surface area (Å²) in [5.41, 5.74) is 5.31. The summed E-state index contributed by atoms with van der Waals surface area (Å²) in [6.07, 6.45) is 1.12. The lowest BCUT2D eigenvalue weighted by atomic mass is 10.0. The van der Waals surface area contributed by atoms with Gasteiger partial charge in [-0.1, -0.05) is 24.3 Å². The number of amides is 1. The Kier molecular flexibility index (Phi) is 4.08. The van der Waals surface area contributed by atoms with Gasteiger partial charge in [0, 0.05) is 11.8 Å². The maximum absolute atomic E-state index is 12.1. The van der Waals surface area contributed by atoms with E-state index in [9.17, 15) is 4.79 Å². The van der Waals surface area contributed by atoms with Crippen molar-refractivity contribution in [2.24, 2.45) is 0 Å². The lowest BCUT2D eigenvalue weighted by molar-refractivity contribution is 0.0957. The van der Waals surface area contributed by atoms with E-state index in [1.165, 1.54) is 22.5 Å². The molecule has 0 spiro atoms. The molecule has 0 saturated heterocycles. The Morgan fingerprint density at radius 1 is 1.45 bits per heavy atom. The molecule has 0 bridgehead atoms. The standard InChI is InChI=1S/C15H16N2OS2/c1-10-14(20-9-17-10)15(18)16-8-13-12-5-3-2-4-11(12)6-7-19-13/h2-5,9,13H,6-8H2,1H3,(H,16,18)/t13-/m1/s1. The van der Waals surface area contributed by atoms with E-state index in [1.54, 1.807) is 5.51 Å². The summed E-state index contributed by atoms with van der Waals surface area (Å²) < 4.78 is 0. The van der Waals surface area contributed by atoms with Crippen LogP contribution in [0, 0.1) is 6.92 Å². The largest absolute Gasteiger partial charge is 0.350 e. The number of hydrogen-bond donors (Lipinski definition) is 1. The van der Waals surface area contributed by atoms with Crippen LogP contribution in [0.1, 0.15) is 31.7 Å². The summed E-state index contributed by atoms with van der Waals surface area (Å²) >= 11 is 3.32. The predicted molar refractivity (Wildman–Crippen MR) is 84.5 cm³/mol. The third kappa shape index (κ3) is 2.74. The number of thioether (sulfide) groups is 1. The van der Waals surface area contributed by atoms with Gasteiger partial charge in [-0.2, -0.15) is 11.8 Å². The van der Waals surface area contributed by atoms with Crippen molar-refractivity contribution < 1.29 is 4.79 Å². The first-order valence-electron chi connectivity index (χ1n) is 6.63. The number of nitrogens with one attached hydrogen (secondary N) is 1. The van der Waals surface area contributed by atoms with Crippen molar-refractivity contribution in [2.45, 2.75) is 18.6 Å². The molecule has 0 aliphatic carbocycles. The zero-order valence-corrected chi connectivity index (χ0v) is 12.9. The number of aromatic nitrogens is 1. The van der Waals surface area contributed by atoms with Crippen molar-refractivity contribution in [2.75, 3.05) is 12.3 Å². The molecular weight excluding hydrogens is 288 g/mol. The summed E-state index contributed by atoms with van der Waals surface area (Å²) in [4.78, 5) is 17.0. The molecule has 3 nitrogen and oxygen atoms in total. The van der Waals surface area contributed by atoms with Crippen LogP contribution < -0.4 is 5.32 Å². The molecule has 0 fully saturated rings. The van der Waals surface area contributed by atoms with Crippen molar-refractivity contribution in [3.63, 3.8) is 0 Å². The van der Waals surface area contributed by atoms with Crippen LogP contribution >= 0.6 is 23.1 Å². The van der Waals surface area contributed by atoms with Crippen LogP contribution in [0.3, 0.4) is 0 Å². The van der Waals surface area contributed by atoms with Crippen LogP contribution in [0.2, 0.25) is 0 Å². The average Bonchev–Trinajstić information content (AvgIpc) is 2.91. The fraction of sp³-hybridized carbons (Fsp3) is 0.333. The van der Waals surface area contributed by atoms with E-state index >= 15 is 0 Å². The zero-order chi connectivity index (χ0) is 13.9. The van der Waals surface area contributed by atoms with Gasteiger partial charge in [0.25, 0.3) is 5.91 Å². The molecule has 0 radical (unpaired) electrons. The molecule has 2 aromatic rings. The number of carbonyl (C=O) groups is 1. The predicted octanol–water partition coefficient (Wildman–Crippen LogP) is 3.21. The molecule has 20 heavy (non-hydrogen) atoms. The fourth-order valence-corrected chi connectivity index (χ4v) is 4.38. The summed E-state index contributed by atoms with van der Waals surface area (Å²) in [5, 5.41) is 3.41. The van der Waals surface area contributed by atoms with E-state index in [-0.39, 0.29) is 5.91 Å². The van der Waals surface area contributed by atoms with Crippen LogP contribution in [-0.2, 0) is 6.42 Å². The Balaban J connectivity index is 1.68. The quantitative estimate of drug-likeness (QED) is 0.947. The minimum Gasteiger partial charge on any atom is -0.350 e. The number of nitrogens with zero attached hydrogens (tertiary/aromatic N) is 1. The van der Waals surface area contributed by atoms with Gasteiger partial charge in [-0.15, -0.1) is 11.3 Å². The van der Waals surface area contributed by atoms with Gasteiger partial charge < -0.3 is 5.32 Å². The van der Waals surface area contributed by atoms with Gasteiger partial charge in [0.1, 0.15) is 4.88 Å². The second-order valence-corrected chi connectivity index (χ2v) is 6.95. The number of benzene rings is 1. The number of carbonyl (C=O) groups excluding carboxylic acids is 1. The fourth-order valence-electron chi connectivity index (χ4n) is 2.43. The van der Waals surface area contributed by atoms with Gasteiger partial charge in [0.05, 0.1) is 11.2 Å². The average molecular weight is 304 g/mol. The van der Waals surface area contributed by atoms with Gasteiger partial charge >= 0.3 is 0 Å². The normalized spacial score (nSPS) is 17.6. The Hall–Kier alpha value is -1.33. The molecule has 5 heteroatoms. The van der Waals surface area contributed by atoms with E-state index in [4.69, 9.17) is 0 Å². The summed E-state index contributed by atoms with van der Waals surface area (Å²) in [6, 6.07) is 8.53. The second-order valence-electron chi connectivity index (χ2n) is 4.79. The lowest BCUT2D eigenvalue weighted by Crippen LogP contribution is -2.28.